The summed E-state index contributed by atoms with van der Waals surface area (Å²) in [6.07, 6.45) is 7.64. The van der Waals surface area contributed by atoms with Crippen molar-refractivity contribution in [3.63, 3.8) is 0 Å². The number of hydrogen-bond donors (Lipinski definition) is 5. The largest absolute Gasteiger partial charge is 0.508 e. The lowest BCUT2D eigenvalue weighted by atomic mass is 9.59. The van der Waals surface area contributed by atoms with Gasteiger partial charge < -0.3 is 31.1 Å². The number of nitrogens with two attached hydrogens (primary N) is 1. The van der Waals surface area contributed by atoms with Gasteiger partial charge in [0.15, 0.2) is 11.4 Å². The number of primary amides is 1. The summed E-state index contributed by atoms with van der Waals surface area (Å²) in [4.78, 5) is 42.7. The SMILES string of the molecule is CCN(Cc1cc(O)c2c(c1N(C)C)CC1C[C@H]3CC(=O)C(C(N)=O)=C(O)[C@@]3(O)C(=O)C1=C2O)CC1CCCCCC1. The minimum absolute atomic E-state index is 0.115. The molecular weight excluding hydrogens is 538 g/mol. The van der Waals surface area contributed by atoms with E-state index in [2.05, 4.69) is 11.8 Å². The van der Waals surface area contributed by atoms with Crippen molar-refractivity contribution >= 4 is 28.9 Å². The minimum Gasteiger partial charge on any atom is -0.508 e. The molecule has 1 amide bonds. The number of ketones is 2. The number of Topliss-reactive ketones (excluding diaryl/α,β-unsaturated/α-hetero) is 2. The second kappa shape index (κ2) is 11.4. The van der Waals surface area contributed by atoms with Crippen LogP contribution in [0.5, 0.6) is 5.75 Å². The summed E-state index contributed by atoms with van der Waals surface area (Å²) in [5.74, 6) is -5.53. The second-order valence-electron chi connectivity index (χ2n) is 12.7. The Morgan fingerprint density at radius 1 is 1.07 bits per heavy atom. The third-order valence-corrected chi connectivity index (χ3v) is 9.89. The number of aliphatic hydroxyl groups excluding tert-OH is 2. The number of hydrogen-bond acceptors (Lipinski definition) is 9. The van der Waals surface area contributed by atoms with E-state index in [-0.39, 0.29) is 36.1 Å². The van der Waals surface area contributed by atoms with Crippen LogP contribution in [0.2, 0.25) is 0 Å². The Kier molecular flexibility index (Phi) is 8.15. The third kappa shape index (κ3) is 4.88. The first-order chi connectivity index (χ1) is 19.9. The van der Waals surface area contributed by atoms with Crippen LogP contribution in [-0.2, 0) is 27.3 Å². The summed E-state index contributed by atoms with van der Waals surface area (Å²) in [7, 11) is 3.82. The fourth-order valence-electron chi connectivity index (χ4n) is 7.88. The molecule has 3 atom stereocenters. The van der Waals surface area contributed by atoms with Gasteiger partial charge in [0.1, 0.15) is 22.8 Å². The lowest BCUT2D eigenvalue weighted by Crippen LogP contribution is -2.58. The number of benzene rings is 1. The highest BCUT2D eigenvalue weighted by atomic mass is 16.3. The Morgan fingerprint density at radius 3 is 2.33 bits per heavy atom. The number of carbonyl (C=O) groups excluding carboxylic acids is 3. The molecule has 5 rings (SSSR count). The number of fused-ring (bicyclic) bond motifs is 3. The molecule has 10 nitrogen and oxygen atoms in total. The normalized spacial score (nSPS) is 26.6. The number of carbonyl (C=O) groups is 3. The van der Waals surface area contributed by atoms with Crippen LogP contribution in [0.4, 0.5) is 5.69 Å². The average Bonchev–Trinajstić information content (AvgIpc) is 3.18. The Balaban J connectivity index is 1.56. The zero-order valence-corrected chi connectivity index (χ0v) is 24.8. The van der Waals surface area contributed by atoms with Crippen molar-refractivity contribution < 1.29 is 34.8 Å². The number of nitrogens with zero attached hydrogens (tertiary/aromatic N) is 2. The van der Waals surface area contributed by atoms with Gasteiger partial charge in [0, 0.05) is 50.8 Å². The van der Waals surface area contributed by atoms with Crippen LogP contribution >= 0.6 is 0 Å². The van der Waals surface area contributed by atoms with E-state index in [1.165, 1.54) is 38.5 Å². The molecule has 0 saturated heterocycles. The van der Waals surface area contributed by atoms with E-state index in [4.69, 9.17) is 5.73 Å². The summed E-state index contributed by atoms with van der Waals surface area (Å²) in [6, 6.07) is 1.65. The van der Waals surface area contributed by atoms with Gasteiger partial charge in [0.05, 0.1) is 5.56 Å². The summed E-state index contributed by atoms with van der Waals surface area (Å²) < 4.78 is 0. The minimum atomic E-state index is -2.56. The number of phenolic OH excluding ortho intramolecular Hbond substituents is 1. The van der Waals surface area contributed by atoms with Crippen molar-refractivity contribution in [2.45, 2.75) is 76.9 Å². The van der Waals surface area contributed by atoms with Crippen LogP contribution in [0, 0.1) is 17.8 Å². The number of amides is 1. The lowest BCUT2D eigenvalue weighted by molar-refractivity contribution is -0.147. The summed E-state index contributed by atoms with van der Waals surface area (Å²) >= 11 is 0. The first kappa shape index (κ1) is 30.1. The highest BCUT2D eigenvalue weighted by molar-refractivity contribution is 6.22. The van der Waals surface area contributed by atoms with E-state index in [0.717, 1.165) is 24.3 Å². The van der Waals surface area contributed by atoms with Crippen LogP contribution in [0.15, 0.2) is 23.0 Å². The average molecular weight is 582 g/mol. The van der Waals surface area contributed by atoms with Gasteiger partial charge in [0.25, 0.3) is 5.91 Å². The summed E-state index contributed by atoms with van der Waals surface area (Å²) in [5, 5.41) is 45.0. The molecule has 4 aliphatic carbocycles. The van der Waals surface area contributed by atoms with Crippen molar-refractivity contribution in [2.75, 3.05) is 32.1 Å². The molecule has 0 radical (unpaired) electrons. The van der Waals surface area contributed by atoms with E-state index >= 15 is 0 Å². The van der Waals surface area contributed by atoms with Crippen LogP contribution < -0.4 is 10.6 Å². The standard InChI is InChI=1S/C32H43N3O7/c1-4-35(15-17-9-7-5-6-8-10-17)16-19-13-22(36)25-21(27(19)34(2)3)12-18-11-20-14-23(37)26(31(33)41)30(40)32(20,42)29(39)24(18)28(25)38/h13,17-18,20,36,38,40,42H,4-12,14-16H2,1-3H3,(H2,33,41)/t18?,20-,32-/m0/s1. The molecule has 42 heavy (non-hydrogen) atoms. The maximum atomic E-state index is 13.8. The predicted molar refractivity (Wildman–Crippen MR) is 158 cm³/mol. The Bertz CT molecular complexity index is 1370. The van der Waals surface area contributed by atoms with Gasteiger partial charge >= 0.3 is 0 Å². The van der Waals surface area contributed by atoms with Crippen molar-refractivity contribution in [1.82, 2.24) is 4.90 Å². The van der Waals surface area contributed by atoms with Gasteiger partial charge in [-0.25, -0.2) is 0 Å². The van der Waals surface area contributed by atoms with Crippen molar-refractivity contribution in [1.29, 1.82) is 0 Å². The molecule has 2 fully saturated rings. The van der Waals surface area contributed by atoms with E-state index in [0.29, 0.717) is 18.0 Å². The first-order valence-corrected chi connectivity index (χ1v) is 15.1. The molecule has 10 heteroatoms. The maximum Gasteiger partial charge on any atom is 0.255 e. The molecular formula is C32H43N3O7. The van der Waals surface area contributed by atoms with Crippen LogP contribution in [0.3, 0.4) is 0 Å². The predicted octanol–water partition coefficient (Wildman–Crippen LogP) is 3.28. The van der Waals surface area contributed by atoms with Crippen molar-refractivity contribution in [2.24, 2.45) is 23.5 Å². The van der Waals surface area contributed by atoms with Gasteiger partial charge in [-0.3, -0.25) is 19.3 Å². The number of aliphatic hydroxyl groups is 3. The molecule has 6 N–H and O–H groups in total. The van der Waals surface area contributed by atoms with Gasteiger partial charge in [-0.2, -0.15) is 0 Å². The fraction of sp³-hybridized carbons (Fsp3) is 0.594. The van der Waals surface area contributed by atoms with Gasteiger partial charge in [0.2, 0.25) is 5.78 Å². The number of aromatic hydroxyl groups is 1. The molecule has 228 valence electrons. The van der Waals surface area contributed by atoms with E-state index in [9.17, 15) is 34.8 Å². The Labute approximate surface area is 246 Å². The zero-order chi connectivity index (χ0) is 30.5. The zero-order valence-electron chi connectivity index (χ0n) is 24.8. The van der Waals surface area contributed by atoms with Gasteiger partial charge in [-0.1, -0.05) is 32.6 Å². The highest BCUT2D eigenvalue weighted by Crippen LogP contribution is 2.53. The number of phenols is 1. The summed E-state index contributed by atoms with van der Waals surface area (Å²) in [6.45, 7) is 4.59. The highest BCUT2D eigenvalue weighted by Gasteiger charge is 2.60. The molecule has 2 saturated carbocycles. The molecule has 0 aromatic heterocycles. The maximum absolute atomic E-state index is 13.8. The second-order valence-corrected chi connectivity index (χ2v) is 12.7. The fourth-order valence-corrected chi connectivity index (χ4v) is 7.88. The molecule has 0 bridgehead atoms. The smallest absolute Gasteiger partial charge is 0.255 e. The third-order valence-electron chi connectivity index (χ3n) is 9.89. The van der Waals surface area contributed by atoms with Gasteiger partial charge in [-0.05, 0) is 61.3 Å². The van der Waals surface area contributed by atoms with Crippen LogP contribution in [0.25, 0.3) is 5.76 Å². The molecule has 1 unspecified atom stereocenters. The molecule has 0 aliphatic heterocycles. The monoisotopic (exact) mass is 581 g/mol. The molecule has 1 aromatic carbocycles. The van der Waals surface area contributed by atoms with Crippen LogP contribution in [-0.4, -0.2) is 75.6 Å². The van der Waals surface area contributed by atoms with Gasteiger partial charge in [-0.15, -0.1) is 0 Å². The summed E-state index contributed by atoms with van der Waals surface area (Å²) in [5.41, 5.74) is 4.41. The van der Waals surface area contributed by atoms with E-state index in [1.807, 2.05) is 19.0 Å². The van der Waals surface area contributed by atoms with Crippen molar-refractivity contribution in [3.8, 4) is 5.75 Å². The molecule has 0 heterocycles. The molecule has 0 spiro atoms. The number of rotatable bonds is 7. The lowest BCUT2D eigenvalue weighted by Gasteiger charge is -2.46. The molecule has 1 aromatic rings. The quantitative estimate of drug-likeness (QED) is 0.240. The Hall–Kier alpha value is -3.37. The van der Waals surface area contributed by atoms with E-state index < -0.39 is 52.0 Å². The topological polar surface area (TPSA) is 165 Å². The molecule has 4 aliphatic rings. The first-order valence-electron chi connectivity index (χ1n) is 15.1. The van der Waals surface area contributed by atoms with Crippen LogP contribution in [0.1, 0.15) is 75.0 Å². The van der Waals surface area contributed by atoms with E-state index in [1.54, 1.807) is 6.07 Å². The Morgan fingerprint density at radius 2 is 1.74 bits per heavy atom. The van der Waals surface area contributed by atoms with Crippen molar-refractivity contribution in [3.05, 3.63) is 39.7 Å². The number of anilines is 1.